The second-order valence-electron chi connectivity index (χ2n) is 4.77. The van der Waals surface area contributed by atoms with Crippen molar-refractivity contribution in [1.82, 2.24) is 0 Å². The number of hydrogen-bond donors (Lipinski definition) is 0. The average molecular weight is 214 g/mol. The van der Waals surface area contributed by atoms with Gasteiger partial charge in [0.1, 0.15) is 6.29 Å². The van der Waals surface area contributed by atoms with Crippen molar-refractivity contribution < 1.29 is 4.79 Å². The van der Waals surface area contributed by atoms with Crippen LogP contribution in [0, 0.1) is 12.8 Å². The Kier molecular flexibility index (Phi) is 3.23. The van der Waals surface area contributed by atoms with E-state index >= 15 is 0 Å². The van der Waals surface area contributed by atoms with Crippen LogP contribution in [0.2, 0.25) is 0 Å². The van der Waals surface area contributed by atoms with E-state index in [1.165, 1.54) is 11.1 Å². The molecule has 2 unspecified atom stereocenters. The molecule has 84 valence electrons. The third-order valence-electron chi connectivity index (χ3n) is 3.51. The molecule has 1 nitrogen and oxygen atoms in total. The van der Waals surface area contributed by atoms with Gasteiger partial charge >= 0.3 is 0 Å². The molecule has 0 aromatic heterocycles. The van der Waals surface area contributed by atoms with Gasteiger partial charge in [-0.3, -0.25) is 4.79 Å². The molecule has 0 heterocycles. The minimum absolute atomic E-state index is 0.469. The molecule has 1 aliphatic carbocycles. The largest absolute Gasteiger partial charge is 0.298 e. The van der Waals surface area contributed by atoms with Crippen molar-refractivity contribution in [1.29, 1.82) is 0 Å². The summed E-state index contributed by atoms with van der Waals surface area (Å²) < 4.78 is 0. The van der Waals surface area contributed by atoms with E-state index in [1.54, 1.807) is 0 Å². The Bertz CT molecular complexity index is 400. The highest BCUT2D eigenvalue weighted by Crippen LogP contribution is 2.35. The fourth-order valence-corrected chi connectivity index (χ4v) is 2.50. The molecule has 0 fully saturated rings. The van der Waals surface area contributed by atoms with E-state index in [0.717, 1.165) is 24.7 Å². The molecule has 2 atom stereocenters. The fraction of sp³-hybridized carbons (Fsp3) is 0.400. The zero-order valence-corrected chi connectivity index (χ0v) is 9.94. The van der Waals surface area contributed by atoms with Crippen molar-refractivity contribution >= 4 is 6.29 Å². The topological polar surface area (TPSA) is 17.1 Å². The Morgan fingerprint density at radius 1 is 1.25 bits per heavy atom. The predicted molar refractivity (Wildman–Crippen MR) is 66.5 cm³/mol. The molecular formula is C15H18O. The number of aryl methyl sites for hydroxylation is 1. The number of allylic oxidation sites excluding steroid dienone is 2. The highest BCUT2D eigenvalue weighted by Gasteiger charge is 2.22. The van der Waals surface area contributed by atoms with Gasteiger partial charge in [0.05, 0.1) is 0 Å². The molecule has 1 aromatic rings. The van der Waals surface area contributed by atoms with Crippen LogP contribution in [-0.4, -0.2) is 6.29 Å². The molecule has 0 aliphatic heterocycles. The summed E-state index contributed by atoms with van der Waals surface area (Å²) in [5.41, 5.74) is 3.67. The van der Waals surface area contributed by atoms with Crippen molar-refractivity contribution in [2.24, 2.45) is 5.92 Å². The molecule has 2 rings (SSSR count). The minimum atomic E-state index is 0.469. The van der Waals surface area contributed by atoms with Crippen molar-refractivity contribution in [3.63, 3.8) is 0 Å². The van der Waals surface area contributed by atoms with Gasteiger partial charge in [-0.1, -0.05) is 42.8 Å². The number of benzene rings is 1. The normalized spacial score (nSPS) is 25.0. The van der Waals surface area contributed by atoms with Crippen LogP contribution in [0.15, 0.2) is 35.9 Å². The van der Waals surface area contributed by atoms with Crippen molar-refractivity contribution in [3.05, 3.63) is 47.0 Å². The zero-order valence-electron chi connectivity index (χ0n) is 9.94. The van der Waals surface area contributed by atoms with Crippen LogP contribution < -0.4 is 0 Å². The maximum absolute atomic E-state index is 10.7. The molecule has 0 amide bonds. The lowest BCUT2D eigenvalue weighted by Crippen LogP contribution is -2.14. The molecule has 0 N–H and O–H groups in total. The van der Waals surface area contributed by atoms with Crippen LogP contribution in [0.5, 0.6) is 0 Å². The summed E-state index contributed by atoms with van der Waals surface area (Å²) in [6, 6.07) is 8.77. The van der Waals surface area contributed by atoms with E-state index in [2.05, 4.69) is 44.2 Å². The molecule has 0 radical (unpaired) electrons. The van der Waals surface area contributed by atoms with E-state index in [4.69, 9.17) is 0 Å². The Morgan fingerprint density at radius 3 is 2.50 bits per heavy atom. The number of carbonyl (C=O) groups excluding carboxylic acids is 1. The molecule has 0 saturated carbocycles. The first-order chi connectivity index (χ1) is 7.70. The van der Waals surface area contributed by atoms with E-state index in [9.17, 15) is 4.79 Å². The standard InChI is InChI=1S/C15H18O/c1-11-3-6-14(7-4-11)15-8-5-13(10-16)9-12(15)2/h3-4,6-7,9-10,12,15H,5,8H2,1-2H3. The number of hydrogen-bond acceptors (Lipinski definition) is 1. The monoisotopic (exact) mass is 214 g/mol. The Labute approximate surface area is 97.2 Å². The Balaban J connectivity index is 2.20. The fourth-order valence-electron chi connectivity index (χ4n) is 2.50. The van der Waals surface area contributed by atoms with Crippen LogP contribution in [0.1, 0.15) is 36.8 Å². The first-order valence-corrected chi connectivity index (χ1v) is 5.93. The van der Waals surface area contributed by atoms with Gasteiger partial charge in [-0.25, -0.2) is 0 Å². The average Bonchev–Trinajstić information content (AvgIpc) is 2.30. The van der Waals surface area contributed by atoms with Gasteiger partial charge in [-0.2, -0.15) is 0 Å². The van der Waals surface area contributed by atoms with E-state index < -0.39 is 0 Å². The van der Waals surface area contributed by atoms with Gasteiger partial charge in [0.2, 0.25) is 0 Å². The van der Waals surface area contributed by atoms with E-state index in [-0.39, 0.29) is 0 Å². The van der Waals surface area contributed by atoms with Crippen LogP contribution in [0.25, 0.3) is 0 Å². The SMILES string of the molecule is Cc1ccc(C2CCC(C=O)=CC2C)cc1. The molecule has 1 heteroatoms. The van der Waals surface area contributed by atoms with Crippen LogP contribution in [0.4, 0.5) is 0 Å². The quantitative estimate of drug-likeness (QED) is 0.687. The van der Waals surface area contributed by atoms with E-state index in [0.29, 0.717) is 11.8 Å². The molecule has 1 aromatic carbocycles. The lowest BCUT2D eigenvalue weighted by Gasteiger charge is -2.26. The van der Waals surface area contributed by atoms with E-state index in [1.807, 2.05) is 0 Å². The summed E-state index contributed by atoms with van der Waals surface area (Å²) in [6.07, 6.45) is 5.14. The predicted octanol–water partition coefficient (Wildman–Crippen LogP) is 3.63. The Hall–Kier alpha value is -1.37. The third-order valence-corrected chi connectivity index (χ3v) is 3.51. The molecule has 0 bridgehead atoms. The van der Waals surface area contributed by atoms with Gasteiger partial charge in [0.15, 0.2) is 0 Å². The summed E-state index contributed by atoms with van der Waals surface area (Å²) in [5.74, 6) is 1.04. The van der Waals surface area contributed by atoms with Crippen LogP contribution in [-0.2, 0) is 4.79 Å². The smallest absolute Gasteiger partial charge is 0.145 e. The molecule has 1 aliphatic rings. The second-order valence-corrected chi connectivity index (χ2v) is 4.77. The molecule has 0 spiro atoms. The molecule has 16 heavy (non-hydrogen) atoms. The summed E-state index contributed by atoms with van der Waals surface area (Å²) in [5, 5.41) is 0. The lowest BCUT2D eigenvalue weighted by molar-refractivity contribution is -0.105. The van der Waals surface area contributed by atoms with Gasteiger partial charge in [-0.05, 0) is 42.7 Å². The molecular weight excluding hydrogens is 196 g/mol. The van der Waals surface area contributed by atoms with Crippen molar-refractivity contribution in [2.75, 3.05) is 0 Å². The summed E-state index contributed by atoms with van der Waals surface area (Å²) in [6.45, 7) is 4.31. The lowest BCUT2D eigenvalue weighted by atomic mass is 9.78. The number of rotatable bonds is 2. The number of aldehydes is 1. The van der Waals surface area contributed by atoms with Gasteiger partial charge < -0.3 is 0 Å². The first kappa shape index (κ1) is 11.1. The zero-order chi connectivity index (χ0) is 11.5. The minimum Gasteiger partial charge on any atom is -0.298 e. The van der Waals surface area contributed by atoms with Gasteiger partial charge in [0, 0.05) is 0 Å². The van der Waals surface area contributed by atoms with Gasteiger partial charge in [0.25, 0.3) is 0 Å². The summed E-state index contributed by atoms with van der Waals surface area (Å²) in [4.78, 5) is 10.7. The highest BCUT2D eigenvalue weighted by atomic mass is 16.1. The molecule has 0 saturated heterocycles. The van der Waals surface area contributed by atoms with Crippen LogP contribution in [0.3, 0.4) is 0 Å². The summed E-state index contributed by atoms with van der Waals surface area (Å²) in [7, 11) is 0. The summed E-state index contributed by atoms with van der Waals surface area (Å²) >= 11 is 0. The maximum atomic E-state index is 10.7. The Morgan fingerprint density at radius 2 is 1.94 bits per heavy atom. The van der Waals surface area contributed by atoms with Crippen molar-refractivity contribution in [3.8, 4) is 0 Å². The van der Waals surface area contributed by atoms with Crippen molar-refractivity contribution in [2.45, 2.75) is 32.6 Å². The first-order valence-electron chi connectivity index (χ1n) is 5.93. The van der Waals surface area contributed by atoms with Gasteiger partial charge in [-0.15, -0.1) is 0 Å². The highest BCUT2D eigenvalue weighted by molar-refractivity contribution is 5.73. The van der Waals surface area contributed by atoms with Crippen LogP contribution >= 0.6 is 0 Å². The third kappa shape index (κ3) is 2.24. The second kappa shape index (κ2) is 4.65. The number of carbonyl (C=O) groups is 1. The maximum Gasteiger partial charge on any atom is 0.145 e.